The normalized spacial score (nSPS) is 24.2. The van der Waals surface area contributed by atoms with Crippen LogP contribution in [-0.2, 0) is 24.3 Å². The van der Waals surface area contributed by atoms with Gasteiger partial charge in [-0.05, 0) is 17.3 Å². The molecule has 1 aliphatic carbocycles. The van der Waals surface area contributed by atoms with Gasteiger partial charge in [-0.1, -0.05) is 27.7 Å². The lowest BCUT2D eigenvalue weighted by molar-refractivity contribution is 0.177. The maximum atomic E-state index is 5.12. The topological polar surface area (TPSA) is 76.4 Å². The predicted molar refractivity (Wildman–Crippen MR) is 109 cm³/mol. The molecule has 0 amide bonds. The highest BCUT2D eigenvalue weighted by Crippen LogP contribution is 2.62. The van der Waals surface area contributed by atoms with Gasteiger partial charge in [0.05, 0.1) is 6.54 Å². The van der Waals surface area contributed by atoms with Crippen molar-refractivity contribution in [2.45, 2.75) is 65.8 Å². The molecule has 1 unspecified atom stereocenters. The van der Waals surface area contributed by atoms with Crippen molar-refractivity contribution in [3.05, 3.63) is 11.6 Å². The van der Waals surface area contributed by atoms with E-state index < -0.39 is 0 Å². The zero-order valence-corrected chi connectivity index (χ0v) is 18.4. The number of nitrogens with one attached hydrogen (secondary N) is 2. The Labute approximate surface area is 167 Å². The van der Waals surface area contributed by atoms with Crippen LogP contribution >= 0.6 is 24.0 Å². The van der Waals surface area contributed by atoms with Crippen LogP contribution < -0.4 is 10.6 Å². The zero-order chi connectivity index (χ0) is 17.5. The maximum absolute atomic E-state index is 5.12. The molecule has 1 aromatic rings. The Balaban J connectivity index is 0.00000225. The van der Waals surface area contributed by atoms with Gasteiger partial charge < -0.3 is 15.4 Å². The second-order valence-corrected chi connectivity index (χ2v) is 8.03. The van der Waals surface area contributed by atoms with Crippen LogP contribution in [0.3, 0.4) is 0 Å². The van der Waals surface area contributed by atoms with E-state index in [-0.39, 0.29) is 34.8 Å². The van der Waals surface area contributed by atoms with Crippen LogP contribution in [0, 0.1) is 10.8 Å². The number of aryl methyl sites for hydroxylation is 1. The third kappa shape index (κ3) is 3.79. The Hall–Kier alpha value is -0.900. The zero-order valence-electron chi connectivity index (χ0n) is 16.1. The number of methoxy groups -OCH3 is 1. The first-order valence-electron chi connectivity index (χ1n) is 8.71. The van der Waals surface area contributed by atoms with E-state index in [2.05, 4.69) is 53.4 Å². The van der Waals surface area contributed by atoms with Gasteiger partial charge in [0.25, 0.3) is 0 Å². The molecule has 25 heavy (non-hydrogen) atoms. The lowest BCUT2D eigenvalue weighted by Crippen LogP contribution is -2.48. The summed E-state index contributed by atoms with van der Waals surface area (Å²) >= 11 is 0. The first-order chi connectivity index (χ1) is 11.3. The van der Waals surface area contributed by atoms with Crippen molar-refractivity contribution in [3.8, 4) is 0 Å². The minimum absolute atomic E-state index is 0. The number of halogens is 1. The number of guanidine groups is 1. The third-order valence-electron chi connectivity index (χ3n) is 6.04. The Morgan fingerprint density at radius 1 is 1.28 bits per heavy atom. The summed E-state index contributed by atoms with van der Waals surface area (Å²) in [5.74, 6) is 2.69. The fourth-order valence-electron chi connectivity index (χ4n) is 3.73. The number of ether oxygens (including phenoxy) is 1. The van der Waals surface area contributed by atoms with Crippen LogP contribution in [0.4, 0.5) is 0 Å². The van der Waals surface area contributed by atoms with Gasteiger partial charge in [0.1, 0.15) is 12.4 Å². The van der Waals surface area contributed by atoms with Crippen molar-refractivity contribution in [2.24, 2.45) is 15.8 Å². The number of fused-ring (bicyclic) bond motifs is 1. The Morgan fingerprint density at radius 3 is 2.52 bits per heavy atom. The fraction of sp³-hybridized carbons (Fsp3) is 0.824. The predicted octanol–water partition coefficient (Wildman–Crippen LogP) is 1.96. The molecule has 2 N–H and O–H groups in total. The first-order valence-corrected chi connectivity index (χ1v) is 8.71. The number of hydrogen-bond acceptors (Lipinski definition) is 4. The Kier molecular flexibility index (Phi) is 6.03. The van der Waals surface area contributed by atoms with Gasteiger partial charge >= 0.3 is 0 Å². The molecule has 2 aliphatic rings. The maximum Gasteiger partial charge on any atom is 0.191 e. The van der Waals surface area contributed by atoms with Crippen LogP contribution in [0.5, 0.6) is 0 Å². The lowest BCUT2D eigenvalue weighted by Gasteiger charge is -2.25. The molecule has 2 heterocycles. The molecule has 0 saturated heterocycles. The molecule has 8 heteroatoms. The molecule has 1 aromatic heterocycles. The molecular formula is C17H31IN6O. The van der Waals surface area contributed by atoms with Crippen LogP contribution in [0.2, 0.25) is 0 Å². The number of aliphatic imine (C=N–C) groups is 1. The highest BCUT2D eigenvalue weighted by molar-refractivity contribution is 14.0. The Bertz CT molecular complexity index is 625. The standard InChI is InChI=1S/C17H30N6O.HI/c1-16(2)14(17(16,3)4)21-15(18-5)19-11-7-8-13-20-12(10-24-6)22-23(13)9-11;/h11,14H,7-10H2,1-6H3,(H2,18,19,21);1H. The first kappa shape index (κ1) is 20.4. The fourth-order valence-corrected chi connectivity index (χ4v) is 3.73. The molecular weight excluding hydrogens is 431 g/mol. The molecule has 7 nitrogen and oxygen atoms in total. The molecule has 1 atom stereocenters. The molecule has 142 valence electrons. The van der Waals surface area contributed by atoms with Crippen molar-refractivity contribution >= 4 is 29.9 Å². The summed E-state index contributed by atoms with van der Waals surface area (Å²) in [7, 11) is 3.50. The highest BCUT2D eigenvalue weighted by atomic mass is 127. The number of aromatic nitrogens is 3. The second kappa shape index (κ2) is 7.38. The van der Waals surface area contributed by atoms with Gasteiger partial charge in [-0.25, -0.2) is 9.67 Å². The quantitative estimate of drug-likeness (QED) is 0.407. The summed E-state index contributed by atoms with van der Waals surface area (Å²) in [5, 5.41) is 11.7. The van der Waals surface area contributed by atoms with Crippen molar-refractivity contribution in [1.29, 1.82) is 0 Å². The van der Waals surface area contributed by atoms with Crippen molar-refractivity contribution < 1.29 is 4.74 Å². The SMILES string of the molecule is CN=C(NC1CCc2nc(COC)nn2C1)NC1C(C)(C)C1(C)C.I. The van der Waals surface area contributed by atoms with Crippen molar-refractivity contribution in [2.75, 3.05) is 14.2 Å². The minimum Gasteiger partial charge on any atom is -0.377 e. The van der Waals surface area contributed by atoms with E-state index in [1.165, 1.54) is 0 Å². The molecule has 0 aromatic carbocycles. The van der Waals surface area contributed by atoms with E-state index in [0.29, 0.717) is 18.7 Å². The molecule has 1 aliphatic heterocycles. The van der Waals surface area contributed by atoms with E-state index in [9.17, 15) is 0 Å². The van der Waals surface area contributed by atoms with E-state index >= 15 is 0 Å². The van der Waals surface area contributed by atoms with Crippen LogP contribution in [-0.4, -0.2) is 47.0 Å². The summed E-state index contributed by atoms with van der Waals surface area (Å²) in [6.45, 7) is 10.5. The monoisotopic (exact) mass is 462 g/mol. The summed E-state index contributed by atoms with van der Waals surface area (Å²) in [4.78, 5) is 8.94. The van der Waals surface area contributed by atoms with Crippen molar-refractivity contribution in [1.82, 2.24) is 25.4 Å². The van der Waals surface area contributed by atoms with Crippen LogP contribution in [0.25, 0.3) is 0 Å². The van der Waals surface area contributed by atoms with Gasteiger partial charge in [0, 0.05) is 32.7 Å². The molecule has 3 rings (SSSR count). The summed E-state index contributed by atoms with van der Waals surface area (Å²) in [6, 6.07) is 0.751. The minimum atomic E-state index is 0. The number of hydrogen-bond donors (Lipinski definition) is 2. The highest BCUT2D eigenvalue weighted by Gasteiger charge is 2.65. The number of nitrogens with zero attached hydrogens (tertiary/aromatic N) is 4. The molecule has 0 spiro atoms. The molecule has 0 radical (unpaired) electrons. The smallest absolute Gasteiger partial charge is 0.191 e. The van der Waals surface area contributed by atoms with E-state index in [0.717, 1.165) is 37.0 Å². The van der Waals surface area contributed by atoms with Gasteiger partial charge in [0.15, 0.2) is 11.8 Å². The summed E-state index contributed by atoms with van der Waals surface area (Å²) in [5.41, 5.74) is 0.566. The van der Waals surface area contributed by atoms with Crippen LogP contribution in [0.1, 0.15) is 45.8 Å². The third-order valence-corrected chi connectivity index (χ3v) is 6.04. The van der Waals surface area contributed by atoms with Crippen molar-refractivity contribution in [3.63, 3.8) is 0 Å². The molecule has 1 saturated carbocycles. The van der Waals surface area contributed by atoms with Gasteiger partial charge in [0.2, 0.25) is 0 Å². The summed E-state index contributed by atoms with van der Waals surface area (Å²) in [6.07, 6.45) is 1.95. The average molecular weight is 462 g/mol. The molecule has 0 bridgehead atoms. The lowest BCUT2D eigenvalue weighted by atomic mass is 10.0. The average Bonchev–Trinajstić information content (AvgIpc) is 2.83. The van der Waals surface area contributed by atoms with E-state index in [1.807, 2.05) is 11.7 Å². The largest absolute Gasteiger partial charge is 0.377 e. The van der Waals surface area contributed by atoms with Gasteiger partial charge in [-0.3, -0.25) is 4.99 Å². The van der Waals surface area contributed by atoms with Gasteiger partial charge in [-0.2, -0.15) is 5.10 Å². The second-order valence-electron chi connectivity index (χ2n) is 8.03. The van der Waals surface area contributed by atoms with E-state index in [1.54, 1.807) is 7.11 Å². The van der Waals surface area contributed by atoms with E-state index in [4.69, 9.17) is 4.74 Å². The Morgan fingerprint density at radius 2 is 1.96 bits per heavy atom. The van der Waals surface area contributed by atoms with Crippen LogP contribution in [0.15, 0.2) is 4.99 Å². The molecule has 1 fully saturated rings. The number of rotatable bonds is 4. The van der Waals surface area contributed by atoms with Gasteiger partial charge in [-0.15, -0.1) is 24.0 Å². The summed E-state index contributed by atoms with van der Waals surface area (Å²) < 4.78 is 7.11.